The third-order valence-corrected chi connectivity index (χ3v) is 2.07. The fourth-order valence-corrected chi connectivity index (χ4v) is 1.34. The number of rotatable bonds is 6. The summed E-state index contributed by atoms with van der Waals surface area (Å²) in [5.74, 6) is -1.10. The van der Waals surface area contributed by atoms with Gasteiger partial charge in [0.25, 0.3) is 0 Å². The van der Waals surface area contributed by atoms with Gasteiger partial charge in [-0.1, -0.05) is 0 Å². The van der Waals surface area contributed by atoms with Crippen LogP contribution < -0.4 is 4.90 Å². The third kappa shape index (κ3) is 3.18. The Balaban J connectivity index is 2.90. The molecule has 6 heteroatoms. The number of anilines is 1. The maximum absolute atomic E-state index is 10.7. The van der Waals surface area contributed by atoms with Gasteiger partial charge in [0.05, 0.1) is 13.2 Å². The van der Waals surface area contributed by atoms with Crippen LogP contribution in [0.2, 0.25) is 0 Å². The van der Waals surface area contributed by atoms with E-state index in [4.69, 9.17) is 15.3 Å². The van der Waals surface area contributed by atoms with E-state index in [9.17, 15) is 4.79 Å². The molecule has 0 aliphatic rings. The molecule has 0 radical (unpaired) electrons. The first-order valence-electron chi connectivity index (χ1n) is 4.85. The minimum Gasteiger partial charge on any atom is -0.477 e. The summed E-state index contributed by atoms with van der Waals surface area (Å²) in [6.45, 7) is 0.544. The Morgan fingerprint density at radius 2 is 1.94 bits per heavy atom. The molecule has 1 aromatic rings. The maximum atomic E-state index is 10.7. The predicted molar refractivity (Wildman–Crippen MR) is 57.6 cm³/mol. The molecular weight excluding hydrogens is 212 g/mol. The first-order chi connectivity index (χ1) is 7.69. The number of carboxylic acids is 1. The molecule has 1 rings (SSSR count). The zero-order valence-corrected chi connectivity index (χ0v) is 8.70. The van der Waals surface area contributed by atoms with Crippen LogP contribution in [0.1, 0.15) is 10.5 Å². The molecule has 0 amide bonds. The maximum Gasteiger partial charge on any atom is 0.354 e. The summed E-state index contributed by atoms with van der Waals surface area (Å²) < 4.78 is 0. The summed E-state index contributed by atoms with van der Waals surface area (Å²) in [5.41, 5.74) is 0.564. The number of carboxylic acid groups (broad SMARTS) is 1. The van der Waals surface area contributed by atoms with Crippen molar-refractivity contribution in [1.29, 1.82) is 0 Å². The second-order valence-corrected chi connectivity index (χ2v) is 3.14. The van der Waals surface area contributed by atoms with Crippen molar-refractivity contribution in [3.63, 3.8) is 0 Å². The van der Waals surface area contributed by atoms with E-state index in [0.29, 0.717) is 18.8 Å². The molecule has 0 spiro atoms. The van der Waals surface area contributed by atoms with Gasteiger partial charge in [-0.15, -0.1) is 0 Å². The van der Waals surface area contributed by atoms with E-state index < -0.39 is 5.97 Å². The first kappa shape index (κ1) is 12.4. The monoisotopic (exact) mass is 226 g/mol. The number of hydrogen-bond donors (Lipinski definition) is 3. The van der Waals surface area contributed by atoms with E-state index >= 15 is 0 Å². The van der Waals surface area contributed by atoms with Crippen molar-refractivity contribution in [1.82, 2.24) is 4.98 Å². The van der Waals surface area contributed by atoms with Gasteiger partial charge in [-0.25, -0.2) is 9.78 Å². The molecule has 3 N–H and O–H groups in total. The highest BCUT2D eigenvalue weighted by Crippen LogP contribution is 2.13. The number of pyridine rings is 1. The lowest BCUT2D eigenvalue weighted by molar-refractivity contribution is 0.0690. The van der Waals surface area contributed by atoms with Gasteiger partial charge in [0, 0.05) is 25.0 Å². The highest BCUT2D eigenvalue weighted by Gasteiger charge is 2.09. The van der Waals surface area contributed by atoms with Gasteiger partial charge in [-0.05, 0) is 12.1 Å². The number of carbonyl (C=O) groups is 1. The van der Waals surface area contributed by atoms with Crippen LogP contribution in [0.5, 0.6) is 0 Å². The van der Waals surface area contributed by atoms with Crippen LogP contribution in [0, 0.1) is 0 Å². The minimum absolute atomic E-state index is 0.0571. The number of aromatic nitrogens is 1. The van der Waals surface area contributed by atoms with Crippen LogP contribution in [-0.4, -0.2) is 52.6 Å². The van der Waals surface area contributed by atoms with Gasteiger partial charge in [-0.2, -0.15) is 0 Å². The molecule has 16 heavy (non-hydrogen) atoms. The van der Waals surface area contributed by atoms with Crippen molar-refractivity contribution in [2.75, 3.05) is 31.2 Å². The second-order valence-electron chi connectivity index (χ2n) is 3.14. The average molecular weight is 226 g/mol. The van der Waals surface area contributed by atoms with E-state index in [0.717, 1.165) is 0 Å². The van der Waals surface area contributed by atoms with E-state index in [-0.39, 0.29) is 18.9 Å². The normalized spacial score (nSPS) is 10.1. The van der Waals surface area contributed by atoms with Crippen LogP contribution in [0.4, 0.5) is 5.69 Å². The van der Waals surface area contributed by atoms with Gasteiger partial charge in [0.15, 0.2) is 0 Å². The van der Waals surface area contributed by atoms with Crippen molar-refractivity contribution in [3.8, 4) is 0 Å². The summed E-state index contributed by atoms with van der Waals surface area (Å²) in [6.07, 6.45) is 1.39. The Morgan fingerprint density at radius 1 is 1.31 bits per heavy atom. The molecule has 0 unspecified atom stereocenters. The molecule has 0 saturated heterocycles. The molecule has 88 valence electrons. The smallest absolute Gasteiger partial charge is 0.354 e. The zero-order chi connectivity index (χ0) is 12.0. The van der Waals surface area contributed by atoms with Crippen molar-refractivity contribution >= 4 is 11.7 Å². The number of aliphatic hydroxyl groups excluding tert-OH is 2. The SMILES string of the molecule is O=C(O)c1cc(N(CCO)CCO)ccn1. The molecule has 1 aromatic heterocycles. The summed E-state index contributed by atoms with van der Waals surface area (Å²) in [4.78, 5) is 16.1. The van der Waals surface area contributed by atoms with Gasteiger partial charge in [0.1, 0.15) is 5.69 Å². The lowest BCUT2D eigenvalue weighted by Gasteiger charge is -2.22. The summed E-state index contributed by atoms with van der Waals surface area (Å²) >= 11 is 0. The topological polar surface area (TPSA) is 93.9 Å². The van der Waals surface area contributed by atoms with E-state index in [1.807, 2.05) is 0 Å². The molecule has 0 saturated carbocycles. The van der Waals surface area contributed by atoms with Crippen LogP contribution >= 0.6 is 0 Å². The Morgan fingerprint density at radius 3 is 2.44 bits per heavy atom. The number of aromatic carboxylic acids is 1. The lowest BCUT2D eigenvalue weighted by atomic mass is 10.3. The van der Waals surface area contributed by atoms with Gasteiger partial charge >= 0.3 is 5.97 Å². The third-order valence-electron chi connectivity index (χ3n) is 2.07. The van der Waals surface area contributed by atoms with Crippen molar-refractivity contribution < 1.29 is 20.1 Å². The van der Waals surface area contributed by atoms with E-state index in [1.165, 1.54) is 12.3 Å². The quantitative estimate of drug-likeness (QED) is 0.609. The number of nitrogens with zero attached hydrogens (tertiary/aromatic N) is 2. The van der Waals surface area contributed by atoms with Crippen molar-refractivity contribution in [2.24, 2.45) is 0 Å². The Kier molecular flexibility index (Phi) is 4.68. The molecule has 0 aliphatic carbocycles. The molecule has 0 atom stereocenters. The average Bonchev–Trinajstić information content (AvgIpc) is 2.29. The van der Waals surface area contributed by atoms with Gasteiger partial charge in [-0.3, -0.25) is 0 Å². The molecule has 0 aromatic carbocycles. The predicted octanol–water partition coefficient (Wildman–Crippen LogP) is -0.429. The largest absolute Gasteiger partial charge is 0.477 e. The zero-order valence-electron chi connectivity index (χ0n) is 8.70. The number of hydrogen-bond acceptors (Lipinski definition) is 5. The van der Waals surface area contributed by atoms with Crippen LogP contribution in [0.25, 0.3) is 0 Å². The van der Waals surface area contributed by atoms with E-state index in [2.05, 4.69) is 4.98 Å². The molecule has 0 fully saturated rings. The Bertz CT molecular complexity index is 350. The molecule has 6 nitrogen and oxygen atoms in total. The lowest BCUT2D eigenvalue weighted by Crippen LogP contribution is -2.29. The molecular formula is C10H14N2O4. The van der Waals surface area contributed by atoms with Crippen LogP contribution in [-0.2, 0) is 0 Å². The van der Waals surface area contributed by atoms with Gasteiger partial charge < -0.3 is 20.2 Å². The summed E-state index contributed by atoms with van der Waals surface area (Å²) in [5, 5.41) is 26.5. The highest BCUT2D eigenvalue weighted by molar-refractivity contribution is 5.86. The van der Waals surface area contributed by atoms with Gasteiger partial charge in [0.2, 0.25) is 0 Å². The first-order valence-corrected chi connectivity index (χ1v) is 4.85. The van der Waals surface area contributed by atoms with Crippen LogP contribution in [0.3, 0.4) is 0 Å². The Labute approximate surface area is 92.8 Å². The molecule has 1 heterocycles. The summed E-state index contributed by atoms with van der Waals surface area (Å²) in [7, 11) is 0. The molecule has 0 aliphatic heterocycles. The fourth-order valence-electron chi connectivity index (χ4n) is 1.34. The number of aliphatic hydroxyl groups is 2. The summed E-state index contributed by atoms with van der Waals surface area (Å²) in [6, 6.07) is 3.05. The highest BCUT2D eigenvalue weighted by atomic mass is 16.4. The Hall–Kier alpha value is -1.66. The van der Waals surface area contributed by atoms with E-state index in [1.54, 1.807) is 11.0 Å². The fraction of sp³-hybridized carbons (Fsp3) is 0.400. The minimum atomic E-state index is -1.10. The standard InChI is InChI=1S/C10H14N2O4/c13-5-3-12(4-6-14)8-1-2-11-9(7-8)10(15)16/h1-2,7,13-14H,3-6H2,(H,15,16). The van der Waals surface area contributed by atoms with Crippen molar-refractivity contribution in [2.45, 2.75) is 0 Å². The second kappa shape index (κ2) is 6.04. The van der Waals surface area contributed by atoms with Crippen LogP contribution in [0.15, 0.2) is 18.3 Å². The molecule has 0 bridgehead atoms. The van der Waals surface area contributed by atoms with Crippen molar-refractivity contribution in [3.05, 3.63) is 24.0 Å².